The molecule has 0 spiro atoms. The average Bonchev–Trinajstić information content (AvgIpc) is 3.67. The summed E-state index contributed by atoms with van der Waals surface area (Å²) in [5, 5.41) is 33.3. The summed E-state index contributed by atoms with van der Waals surface area (Å²) < 4.78 is 1.70. The molecule has 3 N–H and O–H groups in total. The zero-order chi connectivity index (χ0) is 25.1. The summed E-state index contributed by atoms with van der Waals surface area (Å²) in [5.41, 5.74) is 2.94. The number of hydrogen-bond donors (Lipinski definition) is 3. The van der Waals surface area contributed by atoms with Crippen LogP contribution in [0.25, 0.3) is 16.9 Å². The number of carbonyl (C=O) groups excluding carboxylic acids is 1. The topological polar surface area (TPSA) is 126 Å². The van der Waals surface area contributed by atoms with Gasteiger partial charge >= 0.3 is 0 Å². The first-order valence-electron chi connectivity index (χ1n) is 13.4. The molecule has 2 aliphatic rings. The molecule has 1 amide bonds. The molecule has 2 aliphatic carbocycles. The van der Waals surface area contributed by atoms with E-state index in [9.17, 15) is 15.0 Å². The minimum Gasteiger partial charge on any atom is -0.390 e. The molecule has 2 fully saturated rings. The number of pyridine rings is 1. The van der Waals surface area contributed by atoms with Gasteiger partial charge in [0.2, 0.25) is 5.82 Å². The Morgan fingerprint density at radius 2 is 1.86 bits per heavy atom. The molecular weight excluding hydrogens is 456 g/mol. The lowest BCUT2D eigenvalue weighted by Gasteiger charge is -2.32. The van der Waals surface area contributed by atoms with Crippen molar-refractivity contribution in [2.45, 2.75) is 89.4 Å². The van der Waals surface area contributed by atoms with Crippen LogP contribution in [0.3, 0.4) is 0 Å². The summed E-state index contributed by atoms with van der Waals surface area (Å²) >= 11 is 0. The van der Waals surface area contributed by atoms with E-state index in [1.807, 2.05) is 12.1 Å². The van der Waals surface area contributed by atoms with Gasteiger partial charge in [-0.3, -0.25) is 14.2 Å². The number of amides is 1. The Morgan fingerprint density at radius 1 is 1.11 bits per heavy atom. The number of hydrogen-bond acceptors (Lipinski definition) is 7. The van der Waals surface area contributed by atoms with E-state index < -0.39 is 24.2 Å². The molecule has 192 valence electrons. The zero-order valence-corrected chi connectivity index (χ0v) is 20.9. The second-order valence-electron chi connectivity index (χ2n) is 10.4. The highest BCUT2D eigenvalue weighted by molar-refractivity contribution is 5.91. The highest BCUT2D eigenvalue weighted by Crippen LogP contribution is 2.36. The molecule has 36 heavy (non-hydrogen) atoms. The van der Waals surface area contributed by atoms with Crippen molar-refractivity contribution in [3.05, 3.63) is 42.2 Å². The maximum atomic E-state index is 13.5. The molecule has 9 nitrogen and oxygen atoms in total. The summed E-state index contributed by atoms with van der Waals surface area (Å²) in [6.45, 7) is 2.07. The molecule has 0 bridgehead atoms. The van der Waals surface area contributed by atoms with Gasteiger partial charge in [-0.2, -0.15) is 0 Å². The van der Waals surface area contributed by atoms with Crippen molar-refractivity contribution in [3.63, 3.8) is 0 Å². The minimum absolute atomic E-state index is 0.116. The summed E-state index contributed by atoms with van der Waals surface area (Å²) in [6.07, 6.45) is 13.2. The van der Waals surface area contributed by atoms with E-state index in [0.717, 1.165) is 43.4 Å². The van der Waals surface area contributed by atoms with Crippen LogP contribution in [0, 0.1) is 11.8 Å². The molecule has 3 heterocycles. The summed E-state index contributed by atoms with van der Waals surface area (Å²) in [5.74, 6) is 0.297. The molecule has 3 aromatic heterocycles. The predicted molar refractivity (Wildman–Crippen MR) is 135 cm³/mol. The van der Waals surface area contributed by atoms with Crippen LogP contribution in [0.5, 0.6) is 0 Å². The fourth-order valence-corrected chi connectivity index (χ4v) is 5.43. The number of carbonyl (C=O) groups is 1. The summed E-state index contributed by atoms with van der Waals surface area (Å²) in [4.78, 5) is 22.4. The van der Waals surface area contributed by atoms with E-state index in [-0.39, 0.29) is 11.7 Å². The molecule has 9 heteroatoms. The monoisotopic (exact) mass is 492 g/mol. The van der Waals surface area contributed by atoms with Crippen LogP contribution >= 0.6 is 0 Å². The van der Waals surface area contributed by atoms with Gasteiger partial charge in [-0.15, -0.1) is 10.2 Å². The van der Waals surface area contributed by atoms with Gasteiger partial charge in [-0.05, 0) is 49.7 Å². The second-order valence-corrected chi connectivity index (χ2v) is 10.4. The maximum Gasteiger partial charge on any atom is 0.289 e. The van der Waals surface area contributed by atoms with Crippen LogP contribution < -0.4 is 5.32 Å². The number of fused-ring (bicyclic) bond motifs is 1. The average molecular weight is 493 g/mol. The number of aromatic nitrogens is 5. The fraction of sp³-hybridized carbons (Fsp3) is 0.593. The molecule has 0 radical (unpaired) electrons. The lowest BCUT2D eigenvalue weighted by molar-refractivity contribution is -0.0203. The van der Waals surface area contributed by atoms with Gasteiger partial charge in [0.15, 0.2) is 5.65 Å². The Kier molecular flexibility index (Phi) is 7.57. The van der Waals surface area contributed by atoms with E-state index in [1.165, 1.54) is 19.3 Å². The zero-order valence-electron chi connectivity index (χ0n) is 20.9. The number of aliphatic hydroxyl groups excluding tert-OH is 2. The standard InChI is InChI=1S/C27H36N6O3/c1-2-6-20-25-31-32-26(33(25)16-22(29-20)18-11-13-28-14-12-18)27(36)30-21(15-17-7-4-3-5-8-17)24(35)23(34)19-9-10-19/h11-14,16-17,19,21,23-24,34-35H,2-10,15H2,1H3,(H,30,36)/t21-,23-,24+/m0/s1. The van der Waals surface area contributed by atoms with Crippen molar-refractivity contribution in [1.82, 2.24) is 29.9 Å². The van der Waals surface area contributed by atoms with Crippen molar-refractivity contribution in [1.29, 1.82) is 0 Å². The van der Waals surface area contributed by atoms with Crippen molar-refractivity contribution >= 4 is 11.6 Å². The predicted octanol–water partition coefficient (Wildman–Crippen LogP) is 3.34. The number of aliphatic hydroxyl groups is 2. The fourth-order valence-electron chi connectivity index (χ4n) is 5.43. The summed E-state index contributed by atoms with van der Waals surface area (Å²) in [6, 6.07) is 3.22. The third-order valence-electron chi connectivity index (χ3n) is 7.62. The van der Waals surface area contributed by atoms with Crippen LogP contribution in [-0.4, -0.2) is 58.9 Å². The molecule has 3 aromatic rings. The largest absolute Gasteiger partial charge is 0.390 e. The summed E-state index contributed by atoms with van der Waals surface area (Å²) in [7, 11) is 0. The first kappa shape index (κ1) is 24.8. The molecule has 0 unspecified atom stereocenters. The Morgan fingerprint density at radius 3 is 2.56 bits per heavy atom. The van der Waals surface area contributed by atoms with Crippen molar-refractivity contribution in [3.8, 4) is 11.3 Å². The van der Waals surface area contributed by atoms with Crippen molar-refractivity contribution < 1.29 is 15.0 Å². The maximum absolute atomic E-state index is 13.5. The Hall–Kier alpha value is -2.91. The van der Waals surface area contributed by atoms with E-state index in [2.05, 4.69) is 27.4 Å². The van der Waals surface area contributed by atoms with Crippen LogP contribution in [-0.2, 0) is 6.42 Å². The van der Waals surface area contributed by atoms with Gasteiger partial charge < -0.3 is 15.5 Å². The van der Waals surface area contributed by atoms with Gasteiger partial charge in [-0.25, -0.2) is 4.98 Å². The van der Waals surface area contributed by atoms with Crippen LogP contribution in [0.15, 0.2) is 30.7 Å². The number of nitrogens with one attached hydrogen (secondary N) is 1. The first-order valence-corrected chi connectivity index (χ1v) is 13.4. The lowest BCUT2D eigenvalue weighted by atomic mass is 9.82. The molecule has 5 rings (SSSR count). The van der Waals surface area contributed by atoms with Gasteiger partial charge in [0, 0.05) is 24.2 Å². The lowest BCUT2D eigenvalue weighted by Crippen LogP contribution is -2.50. The van der Waals surface area contributed by atoms with Gasteiger partial charge in [0.05, 0.1) is 23.5 Å². The van der Waals surface area contributed by atoms with Crippen LogP contribution in [0.1, 0.15) is 81.0 Å². The van der Waals surface area contributed by atoms with Gasteiger partial charge in [0.25, 0.3) is 5.91 Å². The molecule has 2 saturated carbocycles. The van der Waals surface area contributed by atoms with Gasteiger partial charge in [0.1, 0.15) is 6.10 Å². The first-order chi connectivity index (χ1) is 17.5. The number of aryl methyl sites for hydroxylation is 1. The minimum atomic E-state index is -1.01. The third-order valence-corrected chi connectivity index (χ3v) is 7.62. The smallest absolute Gasteiger partial charge is 0.289 e. The van der Waals surface area contributed by atoms with E-state index >= 15 is 0 Å². The quantitative estimate of drug-likeness (QED) is 0.396. The molecule has 0 aliphatic heterocycles. The molecular formula is C27H36N6O3. The SMILES string of the molecule is CCCc1nc(-c2ccncc2)cn2c(C(=O)N[C@@H](CC3CCCCC3)[C@@H](O)[C@@H](O)C3CC3)nnc12. The van der Waals surface area contributed by atoms with E-state index in [0.29, 0.717) is 30.1 Å². The number of nitrogens with zero attached hydrogens (tertiary/aromatic N) is 5. The van der Waals surface area contributed by atoms with Crippen LogP contribution in [0.2, 0.25) is 0 Å². The highest BCUT2D eigenvalue weighted by atomic mass is 16.3. The normalized spacial score (nSPS) is 19.2. The molecule has 3 atom stereocenters. The van der Waals surface area contributed by atoms with Crippen molar-refractivity contribution in [2.75, 3.05) is 0 Å². The van der Waals surface area contributed by atoms with Crippen LogP contribution in [0.4, 0.5) is 0 Å². The number of rotatable bonds is 10. The van der Waals surface area contributed by atoms with Crippen molar-refractivity contribution in [2.24, 2.45) is 11.8 Å². The Balaban J connectivity index is 1.44. The highest BCUT2D eigenvalue weighted by Gasteiger charge is 2.39. The Labute approximate surface area is 211 Å². The molecule has 0 aromatic carbocycles. The molecule has 0 saturated heterocycles. The third kappa shape index (κ3) is 5.42. The van der Waals surface area contributed by atoms with E-state index in [1.54, 1.807) is 23.0 Å². The Bertz CT molecular complexity index is 1170. The second kappa shape index (κ2) is 11.0. The van der Waals surface area contributed by atoms with E-state index in [4.69, 9.17) is 4.98 Å². The van der Waals surface area contributed by atoms with Gasteiger partial charge in [-0.1, -0.05) is 45.4 Å².